The van der Waals surface area contributed by atoms with Crippen molar-refractivity contribution in [3.63, 3.8) is 0 Å². The second kappa shape index (κ2) is 7.72. The maximum atomic E-state index is 12.9. The van der Waals surface area contributed by atoms with Crippen LogP contribution >= 0.6 is 0 Å². The number of aliphatic carboxylic acids is 1. The topological polar surface area (TPSA) is 40.5 Å². The van der Waals surface area contributed by atoms with Crippen LogP contribution in [0.15, 0.2) is 48.5 Å². The first kappa shape index (κ1) is 19.4. The summed E-state index contributed by atoms with van der Waals surface area (Å²) in [4.78, 5) is 12.9. The van der Waals surface area contributed by atoms with Gasteiger partial charge in [0, 0.05) is 6.04 Å². The fraction of sp³-hybridized carbons (Fsp3) is 0.381. The van der Waals surface area contributed by atoms with Crippen LogP contribution in [0.2, 0.25) is 0 Å². The van der Waals surface area contributed by atoms with Crippen LogP contribution < -0.4 is 0 Å². The molecule has 2 unspecified atom stereocenters. The van der Waals surface area contributed by atoms with Gasteiger partial charge < -0.3 is 5.11 Å². The Morgan fingerprint density at radius 3 is 2.37 bits per heavy atom. The first-order valence-corrected chi connectivity index (χ1v) is 8.91. The SMILES string of the molecule is CN(CC(=O)O)C(c1ccc(C(F)(F)F)cc1)C1CCc2ccccc2C1. The van der Waals surface area contributed by atoms with Gasteiger partial charge in [0.25, 0.3) is 0 Å². The van der Waals surface area contributed by atoms with E-state index in [1.165, 1.54) is 23.3 Å². The first-order chi connectivity index (χ1) is 12.8. The largest absolute Gasteiger partial charge is 0.480 e. The van der Waals surface area contributed by atoms with Crippen LogP contribution in [0.5, 0.6) is 0 Å². The molecule has 2 aromatic rings. The van der Waals surface area contributed by atoms with Crippen molar-refractivity contribution in [1.82, 2.24) is 4.90 Å². The van der Waals surface area contributed by atoms with Gasteiger partial charge in [-0.2, -0.15) is 13.2 Å². The van der Waals surface area contributed by atoms with Crippen LogP contribution in [0.25, 0.3) is 0 Å². The Hall–Kier alpha value is -2.34. The highest BCUT2D eigenvalue weighted by molar-refractivity contribution is 5.69. The van der Waals surface area contributed by atoms with Gasteiger partial charge in [0.2, 0.25) is 0 Å². The molecule has 1 N–H and O–H groups in total. The van der Waals surface area contributed by atoms with E-state index in [-0.39, 0.29) is 18.5 Å². The summed E-state index contributed by atoms with van der Waals surface area (Å²) in [6, 6.07) is 13.0. The number of nitrogens with zero attached hydrogens (tertiary/aromatic N) is 1. The van der Waals surface area contributed by atoms with E-state index in [2.05, 4.69) is 12.1 Å². The Morgan fingerprint density at radius 2 is 1.78 bits per heavy atom. The smallest absolute Gasteiger partial charge is 0.416 e. The third kappa shape index (κ3) is 4.50. The number of likely N-dealkylation sites (N-methyl/N-ethyl adjacent to an activating group) is 1. The van der Waals surface area contributed by atoms with Crippen LogP contribution in [0.4, 0.5) is 13.2 Å². The number of aryl methyl sites for hydroxylation is 1. The van der Waals surface area contributed by atoms with Crippen LogP contribution in [-0.2, 0) is 23.8 Å². The third-order valence-corrected chi connectivity index (χ3v) is 5.27. The molecule has 0 saturated carbocycles. The summed E-state index contributed by atoms with van der Waals surface area (Å²) in [5.74, 6) is -0.813. The minimum Gasteiger partial charge on any atom is -0.480 e. The molecule has 0 radical (unpaired) electrons. The van der Waals surface area contributed by atoms with Gasteiger partial charge in [0.05, 0.1) is 12.1 Å². The molecule has 0 heterocycles. The molecule has 1 aliphatic rings. The fourth-order valence-corrected chi connectivity index (χ4v) is 4.06. The lowest BCUT2D eigenvalue weighted by Gasteiger charge is -2.37. The van der Waals surface area contributed by atoms with Crippen molar-refractivity contribution < 1.29 is 23.1 Å². The number of carboxylic acids is 1. The van der Waals surface area contributed by atoms with E-state index < -0.39 is 17.7 Å². The van der Waals surface area contributed by atoms with Crippen molar-refractivity contribution in [3.8, 4) is 0 Å². The summed E-state index contributed by atoms with van der Waals surface area (Å²) < 4.78 is 38.6. The molecule has 2 atom stereocenters. The molecule has 6 heteroatoms. The number of hydrogen-bond donors (Lipinski definition) is 1. The van der Waals surface area contributed by atoms with Crippen molar-refractivity contribution in [1.29, 1.82) is 0 Å². The van der Waals surface area contributed by atoms with Crippen molar-refractivity contribution in [2.75, 3.05) is 13.6 Å². The van der Waals surface area contributed by atoms with Crippen LogP contribution in [0.3, 0.4) is 0 Å². The number of fused-ring (bicyclic) bond motifs is 1. The highest BCUT2D eigenvalue weighted by Crippen LogP contribution is 2.38. The van der Waals surface area contributed by atoms with E-state index in [1.54, 1.807) is 11.9 Å². The molecule has 3 nitrogen and oxygen atoms in total. The monoisotopic (exact) mass is 377 g/mol. The highest BCUT2D eigenvalue weighted by atomic mass is 19.4. The molecule has 144 valence electrons. The molecule has 0 fully saturated rings. The lowest BCUT2D eigenvalue weighted by atomic mass is 9.77. The van der Waals surface area contributed by atoms with E-state index in [0.717, 1.165) is 37.0 Å². The summed E-state index contributed by atoms with van der Waals surface area (Å²) in [6.45, 7) is -0.163. The molecular formula is C21H22F3NO2. The highest BCUT2D eigenvalue weighted by Gasteiger charge is 2.33. The molecule has 0 spiro atoms. The van der Waals surface area contributed by atoms with E-state index in [1.807, 2.05) is 12.1 Å². The molecule has 3 rings (SSSR count). The molecule has 0 amide bonds. The van der Waals surface area contributed by atoms with Crippen molar-refractivity contribution >= 4 is 5.97 Å². The minimum absolute atomic E-state index is 0.140. The van der Waals surface area contributed by atoms with Gasteiger partial charge in [-0.1, -0.05) is 36.4 Å². The maximum Gasteiger partial charge on any atom is 0.416 e. The number of hydrogen-bond acceptors (Lipinski definition) is 2. The van der Waals surface area contributed by atoms with Crippen molar-refractivity contribution in [3.05, 3.63) is 70.8 Å². The molecular weight excluding hydrogens is 355 g/mol. The lowest BCUT2D eigenvalue weighted by molar-refractivity contribution is -0.139. The summed E-state index contributed by atoms with van der Waals surface area (Å²) in [5.41, 5.74) is 2.55. The predicted octanol–water partition coefficient (Wildman–Crippen LogP) is 4.57. The van der Waals surface area contributed by atoms with Crippen LogP contribution in [0, 0.1) is 5.92 Å². The number of rotatable bonds is 5. The van der Waals surface area contributed by atoms with Gasteiger partial charge in [0.15, 0.2) is 0 Å². The van der Waals surface area contributed by atoms with Crippen LogP contribution in [0.1, 0.15) is 34.7 Å². The molecule has 0 aromatic heterocycles. The molecule has 2 aromatic carbocycles. The van der Waals surface area contributed by atoms with Crippen LogP contribution in [-0.4, -0.2) is 29.6 Å². The van der Waals surface area contributed by atoms with Gasteiger partial charge >= 0.3 is 12.1 Å². The summed E-state index contributed by atoms with van der Waals surface area (Å²) >= 11 is 0. The number of halogens is 3. The predicted molar refractivity (Wildman–Crippen MR) is 96.4 cm³/mol. The Kier molecular flexibility index (Phi) is 5.56. The van der Waals surface area contributed by atoms with Gasteiger partial charge in [-0.3, -0.25) is 9.69 Å². The standard InChI is InChI=1S/C21H22F3NO2/c1-25(13-19(26)27)20(15-8-10-18(11-9-15)21(22,23)24)17-7-6-14-4-2-3-5-16(14)12-17/h2-5,8-11,17,20H,6-7,12-13H2,1H3,(H,26,27). The average Bonchev–Trinajstić information content (AvgIpc) is 2.61. The number of carboxylic acid groups (broad SMARTS) is 1. The number of carbonyl (C=O) groups is 1. The zero-order valence-corrected chi connectivity index (χ0v) is 15.0. The molecule has 0 bridgehead atoms. The van der Waals surface area contributed by atoms with Gasteiger partial charge in [-0.15, -0.1) is 0 Å². The summed E-state index contributed by atoms with van der Waals surface area (Å²) in [7, 11) is 1.72. The van der Waals surface area contributed by atoms with E-state index >= 15 is 0 Å². The number of benzene rings is 2. The molecule has 27 heavy (non-hydrogen) atoms. The summed E-state index contributed by atoms with van der Waals surface area (Å²) in [5, 5.41) is 9.20. The quantitative estimate of drug-likeness (QED) is 0.830. The Labute approximate surface area is 156 Å². The van der Waals surface area contributed by atoms with Gasteiger partial charge in [-0.05, 0) is 61.1 Å². The summed E-state index contributed by atoms with van der Waals surface area (Å²) in [6.07, 6.45) is -1.85. The van der Waals surface area contributed by atoms with E-state index in [9.17, 15) is 23.1 Å². The van der Waals surface area contributed by atoms with Gasteiger partial charge in [0.1, 0.15) is 0 Å². The second-order valence-electron chi connectivity index (χ2n) is 7.15. The zero-order valence-electron chi connectivity index (χ0n) is 15.0. The Morgan fingerprint density at radius 1 is 1.15 bits per heavy atom. The maximum absolute atomic E-state index is 12.9. The third-order valence-electron chi connectivity index (χ3n) is 5.27. The van der Waals surface area contributed by atoms with Crippen molar-refractivity contribution in [2.24, 2.45) is 5.92 Å². The minimum atomic E-state index is -4.38. The molecule has 0 saturated heterocycles. The normalized spacial score (nSPS) is 18.2. The second-order valence-corrected chi connectivity index (χ2v) is 7.15. The average molecular weight is 377 g/mol. The Bertz CT molecular complexity index is 802. The molecule has 1 aliphatic carbocycles. The fourth-order valence-electron chi connectivity index (χ4n) is 4.06. The first-order valence-electron chi connectivity index (χ1n) is 8.91. The lowest BCUT2D eigenvalue weighted by Crippen LogP contribution is -2.36. The van der Waals surface area contributed by atoms with E-state index in [0.29, 0.717) is 0 Å². The number of alkyl halides is 3. The van der Waals surface area contributed by atoms with E-state index in [4.69, 9.17) is 0 Å². The zero-order chi connectivity index (χ0) is 19.6. The van der Waals surface area contributed by atoms with Crippen molar-refractivity contribution in [2.45, 2.75) is 31.5 Å². The van der Waals surface area contributed by atoms with Gasteiger partial charge in [-0.25, -0.2) is 0 Å². The molecule has 0 aliphatic heterocycles. The Balaban J connectivity index is 1.91.